The van der Waals surface area contributed by atoms with E-state index in [9.17, 15) is 9.59 Å². The molecule has 7 heteroatoms. The molecule has 0 radical (unpaired) electrons. The Balaban J connectivity index is 1.78. The van der Waals surface area contributed by atoms with Gasteiger partial charge in [-0.2, -0.15) is 0 Å². The molecule has 0 saturated carbocycles. The molecular formula is C24H21ClN2O4. The maximum Gasteiger partial charge on any atom is 0.255 e. The number of hydrogen-bond acceptors (Lipinski definition) is 4. The lowest BCUT2D eigenvalue weighted by Gasteiger charge is -2.16. The van der Waals surface area contributed by atoms with Crippen molar-refractivity contribution in [3.63, 3.8) is 0 Å². The molecule has 0 fully saturated rings. The van der Waals surface area contributed by atoms with Crippen LogP contribution in [0.4, 0.5) is 11.4 Å². The lowest BCUT2D eigenvalue weighted by atomic mass is 10.2. The van der Waals surface area contributed by atoms with E-state index in [2.05, 4.69) is 10.6 Å². The van der Waals surface area contributed by atoms with E-state index in [1.165, 1.54) is 20.3 Å². The Morgan fingerprint density at radius 1 is 0.839 bits per heavy atom. The summed E-state index contributed by atoms with van der Waals surface area (Å²) < 4.78 is 10.8. The first kappa shape index (κ1) is 21.9. The highest BCUT2D eigenvalue weighted by Crippen LogP contribution is 2.36. The highest BCUT2D eigenvalue weighted by molar-refractivity contribution is 6.30. The van der Waals surface area contributed by atoms with Crippen LogP contribution < -0.4 is 20.1 Å². The van der Waals surface area contributed by atoms with Gasteiger partial charge in [-0.3, -0.25) is 9.59 Å². The number of anilines is 2. The molecule has 0 aromatic heterocycles. The number of nitrogens with one attached hydrogen (secondary N) is 2. The lowest BCUT2D eigenvalue weighted by molar-refractivity contribution is -0.111. The first-order valence-electron chi connectivity index (χ1n) is 9.37. The maximum atomic E-state index is 12.5. The van der Waals surface area contributed by atoms with Gasteiger partial charge in [-0.25, -0.2) is 0 Å². The second-order valence-corrected chi connectivity index (χ2v) is 6.88. The third kappa shape index (κ3) is 5.87. The van der Waals surface area contributed by atoms with Crippen LogP contribution in [0, 0.1) is 0 Å². The van der Waals surface area contributed by atoms with E-state index in [1.807, 2.05) is 6.07 Å². The second kappa shape index (κ2) is 10.3. The van der Waals surface area contributed by atoms with Crippen LogP contribution in [0.15, 0.2) is 72.8 Å². The Kier molecular flexibility index (Phi) is 7.30. The molecule has 31 heavy (non-hydrogen) atoms. The quantitative estimate of drug-likeness (QED) is 0.495. The normalized spacial score (nSPS) is 10.5. The molecule has 0 aliphatic carbocycles. The van der Waals surface area contributed by atoms with E-state index < -0.39 is 0 Å². The number of carbonyl (C=O) groups is 2. The molecule has 0 unspecified atom stereocenters. The molecule has 0 heterocycles. The summed E-state index contributed by atoms with van der Waals surface area (Å²) in [5.41, 5.74) is 2.17. The standard InChI is InChI=1S/C24H21ClN2O4/c1-30-21-15-20(27-24(29)17-6-4-3-5-7-17)22(31-2)14-19(21)26-23(28)13-10-16-8-11-18(25)12-9-16/h3-15H,1-2H3,(H,26,28)(H,27,29). The summed E-state index contributed by atoms with van der Waals surface area (Å²) in [5, 5.41) is 6.19. The van der Waals surface area contributed by atoms with Crippen molar-refractivity contribution in [2.75, 3.05) is 24.9 Å². The van der Waals surface area contributed by atoms with Gasteiger partial charge in [0.1, 0.15) is 11.5 Å². The fraction of sp³-hybridized carbons (Fsp3) is 0.0833. The van der Waals surface area contributed by atoms with Gasteiger partial charge >= 0.3 is 0 Å². The van der Waals surface area contributed by atoms with Gasteiger partial charge in [0.25, 0.3) is 5.91 Å². The van der Waals surface area contributed by atoms with Crippen LogP contribution in [0.25, 0.3) is 6.08 Å². The summed E-state index contributed by atoms with van der Waals surface area (Å²) in [6, 6.07) is 19.1. The first-order chi connectivity index (χ1) is 15.0. The van der Waals surface area contributed by atoms with Gasteiger partial charge in [-0.1, -0.05) is 41.9 Å². The lowest BCUT2D eigenvalue weighted by Crippen LogP contribution is -2.14. The van der Waals surface area contributed by atoms with Crippen LogP contribution in [0.5, 0.6) is 11.5 Å². The van der Waals surface area contributed by atoms with E-state index in [0.29, 0.717) is 33.5 Å². The molecule has 0 bridgehead atoms. The largest absolute Gasteiger partial charge is 0.494 e. The zero-order valence-electron chi connectivity index (χ0n) is 17.0. The van der Waals surface area contributed by atoms with E-state index >= 15 is 0 Å². The molecule has 0 spiro atoms. The van der Waals surface area contributed by atoms with Gasteiger partial charge in [0.05, 0.1) is 25.6 Å². The molecule has 6 nitrogen and oxygen atoms in total. The van der Waals surface area contributed by atoms with Crippen molar-refractivity contribution in [2.45, 2.75) is 0 Å². The average molecular weight is 437 g/mol. The number of halogens is 1. The smallest absolute Gasteiger partial charge is 0.255 e. The van der Waals surface area contributed by atoms with Crippen molar-refractivity contribution in [3.8, 4) is 11.5 Å². The summed E-state index contributed by atoms with van der Waals surface area (Å²) in [6.45, 7) is 0. The summed E-state index contributed by atoms with van der Waals surface area (Å²) in [6.07, 6.45) is 3.07. The molecule has 3 rings (SSSR count). The molecule has 3 aromatic carbocycles. The van der Waals surface area contributed by atoms with E-state index in [4.69, 9.17) is 21.1 Å². The summed E-state index contributed by atoms with van der Waals surface area (Å²) in [5.74, 6) is 0.111. The third-order valence-electron chi connectivity index (χ3n) is 4.36. The molecule has 3 aromatic rings. The van der Waals surface area contributed by atoms with Gasteiger partial charge in [-0.05, 0) is 35.9 Å². The van der Waals surface area contributed by atoms with Gasteiger partial charge in [-0.15, -0.1) is 0 Å². The van der Waals surface area contributed by atoms with Gasteiger partial charge in [0.15, 0.2) is 0 Å². The molecule has 0 aliphatic heterocycles. The average Bonchev–Trinajstić information content (AvgIpc) is 2.79. The summed E-state index contributed by atoms with van der Waals surface area (Å²) >= 11 is 5.87. The monoisotopic (exact) mass is 436 g/mol. The minimum Gasteiger partial charge on any atom is -0.494 e. The predicted molar refractivity (Wildman–Crippen MR) is 123 cm³/mol. The number of amides is 2. The highest BCUT2D eigenvalue weighted by Gasteiger charge is 2.15. The van der Waals surface area contributed by atoms with Crippen molar-refractivity contribution in [1.29, 1.82) is 0 Å². The number of benzene rings is 3. The minimum atomic E-state index is -0.351. The number of carbonyl (C=O) groups excluding carboxylic acids is 2. The molecule has 0 aliphatic rings. The Hall–Kier alpha value is -3.77. The van der Waals surface area contributed by atoms with Crippen molar-refractivity contribution in [1.82, 2.24) is 0 Å². The fourth-order valence-corrected chi connectivity index (χ4v) is 2.92. The zero-order chi connectivity index (χ0) is 22.2. The number of rotatable bonds is 7. The van der Waals surface area contributed by atoms with Crippen LogP contribution in [0.1, 0.15) is 15.9 Å². The third-order valence-corrected chi connectivity index (χ3v) is 4.61. The van der Waals surface area contributed by atoms with Crippen LogP contribution in [-0.4, -0.2) is 26.0 Å². The van der Waals surface area contributed by atoms with Crippen molar-refractivity contribution >= 4 is 40.9 Å². The minimum absolute atomic E-state index is 0.288. The predicted octanol–water partition coefficient (Wildman–Crippen LogP) is 5.26. The maximum absolute atomic E-state index is 12.5. The first-order valence-corrected chi connectivity index (χ1v) is 9.75. The van der Waals surface area contributed by atoms with Crippen molar-refractivity contribution in [3.05, 3.63) is 89.0 Å². The highest BCUT2D eigenvalue weighted by atomic mass is 35.5. The van der Waals surface area contributed by atoms with E-state index in [-0.39, 0.29) is 11.8 Å². The Morgan fingerprint density at radius 3 is 2.00 bits per heavy atom. The Bertz CT molecular complexity index is 1100. The van der Waals surface area contributed by atoms with Gasteiger partial charge < -0.3 is 20.1 Å². The Labute approximate surface area is 185 Å². The molecule has 0 saturated heterocycles. The van der Waals surface area contributed by atoms with Crippen molar-refractivity contribution < 1.29 is 19.1 Å². The van der Waals surface area contributed by atoms with Crippen molar-refractivity contribution in [2.24, 2.45) is 0 Å². The van der Waals surface area contributed by atoms with Gasteiger partial charge in [0.2, 0.25) is 5.91 Å². The number of ether oxygens (including phenoxy) is 2. The summed E-state index contributed by atoms with van der Waals surface area (Å²) in [4.78, 5) is 24.9. The zero-order valence-corrected chi connectivity index (χ0v) is 17.8. The van der Waals surface area contributed by atoms with Crippen LogP contribution in [0.2, 0.25) is 5.02 Å². The molecule has 158 valence electrons. The molecule has 2 N–H and O–H groups in total. The van der Waals surface area contributed by atoms with Crippen LogP contribution in [0.3, 0.4) is 0 Å². The van der Waals surface area contributed by atoms with Crippen LogP contribution in [-0.2, 0) is 4.79 Å². The van der Waals surface area contributed by atoms with Crippen LogP contribution >= 0.6 is 11.6 Å². The van der Waals surface area contributed by atoms with E-state index in [1.54, 1.807) is 66.7 Å². The van der Waals surface area contributed by atoms with Gasteiger partial charge in [0, 0.05) is 28.8 Å². The molecule has 0 atom stereocenters. The molecule has 2 amide bonds. The molecular weight excluding hydrogens is 416 g/mol. The Morgan fingerprint density at radius 2 is 1.42 bits per heavy atom. The topological polar surface area (TPSA) is 76.7 Å². The number of methoxy groups -OCH3 is 2. The number of hydrogen-bond donors (Lipinski definition) is 2. The fourth-order valence-electron chi connectivity index (χ4n) is 2.80. The second-order valence-electron chi connectivity index (χ2n) is 6.45. The SMILES string of the molecule is COc1cc(NC(=O)c2ccccc2)c(OC)cc1NC(=O)C=Cc1ccc(Cl)cc1. The summed E-state index contributed by atoms with van der Waals surface area (Å²) in [7, 11) is 2.95. The van der Waals surface area contributed by atoms with E-state index in [0.717, 1.165) is 5.56 Å².